The normalized spacial score (nSPS) is 18.8. The molecule has 1 aromatic carbocycles. The van der Waals surface area contributed by atoms with Gasteiger partial charge >= 0.3 is 0 Å². The van der Waals surface area contributed by atoms with Gasteiger partial charge in [0.2, 0.25) is 5.91 Å². The molecule has 0 aliphatic carbocycles. The molecule has 0 aromatic heterocycles. The van der Waals surface area contributed by atoms with Gasteiger partial charge in [0.25, 0.3) is 0 Å². The zero-order valence-corrected chi connectivity index (χ0v) is 10.9. The topological polar surface area (TPSA) is 53.3 Å². The molecule has 0 N–H and O–H groups in total. The Kier molecular flexibility index (Phi) is 4.11. The fraction of sp³-hybridized carbons (Fsp3) is 0.385. The minimum absolute atomic E-state index is 0.000880. The monoisotopic (exact) mass is 262 g/mol. The van der Waals surface area contributed by atoms with Crippen molar-refractivity contribution in [1.82, 2.24) is 4.90 Å². The molecule has 5 heteroatoms. The second-order valence-corrected chi connectivity index (χ2v) is 5.00. The summed E-state index contributed by atoms with van der Waals surface area (Å²) in [4.78, 5) is 13.5. The molecule has 1 fully saturated rings. The van der Waals surface area contributed by atoms with Gasteiger partial charge in [0.05, 0.1) is 25.4 Å². The highest BCUT2D eigenvalue weighted by molar-refractivity contribution is 8.00. The lowest BCUT2D eigenvalue weighted by Crippen LogP contribution is -2.29. The number of nitriles is 1. The van der Waals surface area contributed by atoms with Crippen LogP contribution in [0.3, 0.4) is 0 Å². The Balaban J connectivity index is 2.20. The first kappa shape index (κ1) is 12.8. The molecule has 4 nitrogen and oxygen atoms in total. The quantitative estimate of drug-likeness (QED) is 0.834. The molecule has 2 rings (SSSR count). The zero-order chi connectivity index (χ0) is 13.0. The Bertz CT molecular complexity index is 484. The molecule has 1 amide bonds. The fourth-order valence-electron chi connectivity index (χ4n) is 1.94. The molecule has 1 saturated heterocycles. The van der Waals surface area contributed by atoms with Crippen LogP contribution in [0.1, 0.15) is 17.4 Å². The lowest BCUT2D eigenvalue weighted by atomic mass is 10.2. The van der Waals surface area contributed by atoms with E-state index < -0.39 is 0 Å². The summed E-state index contributed by atoms with van der Waals surface area (Å²) in [5.41, 5.74) is 1.04. The maximum Gasteiger partial charge on any atom is 0.233 e. The van der Waals surface area contributed by atoms with Gasteiger partial charge in [0.1, 0.15) is 11.1 Å². The maximum absolute atomic E-state index is 11.8. The zero-order valence-electron chi connectivity index (χ0n) is 10.1. The Morgan fingerprint density at radius 3 is 3.17 bits per heavy atom. The van der Waals surface area contributed by atoms with E-state index in [0.29, 0.717) is 18.7 Å². The molecule has 1 heterocycles. The minimum Gasteiger partial charge on any atom is -0.497 e. The minimum atomic E-state index is 0.000880. The molecule has 18 heavy (non-hydrogen) atoms. The van der Waals surface area contributed by atoms with Crippen LogP contribution < -0.4 is 4.74 Å². The summed E-state index contributed by atoms with van der Waals surface area (Å²) in [5.74, 6) is 1.36. The molecule has 1 atom stereocenters. The molecule has 0 spiro atoms. The first-order valence-electron chi connectivity index (χ1n) is 5.68. The van der Waals surface area contributed by atoms with E-state index >= 15 is 0 Å². The number of ether oxygens (including phenoxy) is 1. The van der Waals surface area contributed by atoms with E-state index in [4.69, 9.17) is 10.00 Å². The summed E-state index contributed by atoms with van der Waals surface area (Å²) < 4.78 is 5.19. The van der Waals surface area contributed by atoms with Crippen LogP contribution in [0.4, 0.5) is 0 Å². The van der Waals surface area contributed by atoms with Crippen LogP contribution in [0, 0.1) is 11.3 Å². The van der Waals surface area contributed by atoms with Crippen molar-refractivity contribution in [1.29, 1.82) is 5.26 Å². The molecule has 1 unspecified atom stereocenters. The predicted octanol–water partition coefficient (Wildman–Crippen LogP) is 2.18. The summed E-state index contributed by atoms with van der Waals surface area (Å²) in [6.45, 7) is 0.490. The largest absolute Gasteiger partial charge is 0.497 e. The second kappa shape index (κ2) is 5.78. The first-order chi connectivity index (χ1) is 8.76. The lowest BCUT2D eigenvalue weighted by Gasteiger charge is -2.23. The van der Waals surface area contributed by atoms with Gasteiger partial charge in [-0.3, -0.25) is 4.79 Å². The highest BCUT2D eigenvalue weighted by atomic mass is 32.2. The Morgan fingerprint density at radius 2 is 2.44 bits per heavy atom. The number of methoxy groups -OCH3 is 1. The SMILES string of the molecule is COc1cccc(C2SCC(=O)N2CCC#N)c1. The van der Waals surface area contributed by atoms with E-state index in [1.54, 1.807) is 23.8 Å². The molecule has 0 radical (unpaired) electrons. The number of benzene rings is 1. The summed E-state index contributed by atoms with van der Waals surface area (Å²) in [7, 11) is 1.62. The van der Waals surface area contributed by atoms with E-state index in [0.717, 1.165) is 11.3 Å². The average Bonchev–Trinajstić information content (AvgIpc) is 2.77. The molecular formula is C13H14N2O2S. The number of hydrogen-bond donors (Lipinski definition) is 0. The van der Waals surface area contributed by atoms with Gasteiger partial charge in [-0.25, -0.2) is 0 Å². The lowest BCUT2D eigenvalue weighted by molar-refractivity contribution is -0.127. The van der Waals surface area contributed by atoms with Crippen LogP contribution in [-0.4, -0.2) is 30.2 Å². The average molecular weight is 262 g/mol. The Labute approximate surface area is 111 Å². The van der Waals surface area contributed by atoms with Gasteiger partial charge in [0.15, 0.2) is 0 Å². The van der Waals surface area contributed by atoms with Gasteiger partial charge in [-0.15, -0.1) is 11.8 Å². The van der Waals surface area contributed by atoms with Crippen LogP contribution in [0.2, 0.25) is 0 Å². The van der Waals surface area contributed by atoms with E-state index in [1.165, 1.54) is 0 Å². The van der Waals surface area contributed by atoms with Crippen LogP contribution in [0.25, 0.3) is 0 Å². The molecule has 94 valence electrons. The van der Waals surface area contributed by atoms with Crippen molar-refractivity contribution in [3.63, 3.8) is 0 Å². The summed E-state index contributed by atoms with van der Waals surface area (Å²) in [6.07, 6.45) is 0.368. The predicted molar refractivity (Wildman–Crippen MR) is 70.1 cm³/mol. The standard InChI is InChI=1S/C13H14N2O2S/c1-17-11-5-2-4-10(8-11)13-15(7-3-6-14)12(16)9-18-13/h2,4-5,8,13H,3,7,9H2,1H3. The van der Waals surface area contributed by atoms with Crippen molar-refractivity contribution in [2.24, 2.45) is 0 Å². The molecule has 1 aliphatic rings. The van der Waals surface area contributed by atoms with Gasteiger partial charge in [-0.2, -0.15) is 5.26 Å². The van der Waals surface area contributed by atoms with Crippen molar-refractivity contribution >= 4 is 17.7 Å². The first-order valence-corrected chi connectivity index (χ1v) is 6.73. The van der Waals surface area contributed by atoms with Gasteiger partial charge in [0, 0.05) is 6.54 Å². The molecule has 1 aromatic rings. The Morgan fingerprint density at radius 1 is 1.61 bits per heavy atom. The van der Waals surface area contributed by atoms with Crippen molar-refractivity contribution in [3.05, 3.63) is 29.8 Å². The molecule has 0 saturated carbocycles. The van der Waals surface area contributed by atoms with Crippen LogP contribution >= 0.6 is 11.8 Å². The van der Waals surface area contributed by atoms with Crippen LogP contribution in [0.15, 0.2) is 24.3 Å². The fourth-order valence-corrected chi connectivity index (χ4v) is 3.15. The number of amides is 1. The smallest absolute Gasteiger partial charge is 0.233 e. The van der Waals surface area contributed by atoms with Gasteiger partial charge in [-0.1, -0.05) is 12.1 Å². The highest BCUT2D eigenvalue weighted by Gasteiger charge is 2.32. The third kappa shape index (κ3) is 2.59. The molecular weight excluding hydrogens is 248 g/mol. The van der Waals surface area contributed by atoms with E-state index in [-0.39, 0.29) is 11.3 Å². The number of nitrogens with zero attached hydrogens (tertiary/aromatic N) is 2. The highest BCUT2D eigenvalue weighted by Crippen LogP contribution is 2.39. The maximum atomic E-state index is 11.8. The van der Waals surface area contributed by atoms with Crippen molar-refractivity contribution in [2.75, 3.05) is 19.4 Å². The number of thioether (sulfide) groups is 1. The summed E-state index contributed by atoms with van der Waals surface area (Å²) >= 11 is 1.59. The van der Waals surface area contributed by atoms with Crippen molar-refractivity contribution in [2.45, 2.75) is 11.8 Å². The number of rotatable bonds is 4. The molecule has 0 bridgehead atoms. The summed E-state index contributed by atoms with van der Waals surface area (Å²) in [5, 5.41) is 8.64. The third-order valence-electron chi connectivity index (χ3n) is 2.81. The van der Waals surface area contributed by atoms with Crippen LogP contribution in [-0.2, 0) is 4.79 Å². The summed E-state index contributed by atoms with van der Waals surface area (Å²) in [6, 6.07) is 9.80. The van der Waals surface area contributed by atoms with E-state index in [2.05, 4.69) is 6.07 Å². The van der Waals surface area contributed by atoms with Gasteiger partial charge < -0.3 is 9.64 Å². The van der Waals surface area contributed by atoms with Crippen molar-refractivity contribution < 1.29 is 9.53 Å². The number of hydrogen-bond acceptors (Lipinski definition) is 4. The molecule has 1 aliphatic heterocycles. The van der Waals surface area contributed by atoms with E-state index in [1.807, 2.05) is 24.3 Å². The van der Waals surface area contributed by atoms with Crippen LogP contribution in [0.5, 0.6) is 5.75 Å². The third-order valence-corrected chi connectivity index (χ3v) is 4.07. The second-order valence-electron chi connectivity index (χ2n) is 3.94. The Hall–Kier alpha value is -1.67. The number of carbonyl (C=O) groups is 1. The number of carbonyl (C=O) groups excluding carboxylic acids is 1. The van der Waals surface area contributed by atoms with Gasteiger partial charge in [-0.05, 0) is 17.7 Å². The van der Waals surface area contributed by atoms with Crippen molar-refractivity contribution in [3.8, 4) is 11.8 Å². The van der Waals surface area contributed by atoms with E-state index in [9.17, 15) is 4.79 Å².